The van der Waals surface area contributed by atoms with Crippen molar-refractivity contribution in [3.05, 3.63) is 51.1 Å². The molecule has 1 N–H and O–H groups in total. The van der Waals surface area contributed by atoms with E-state index < -0.39 is 11.5 Å². The lowest BCUT2D eigenvalue weighted by Crippen LogP contribution is -2.32. The van der Waals surface area contributed by atoms with E-state index in [9.17, 15) is 14.0 Å². The lowest BCUT2D eigenvalue weighted by atomic mass is 10.5. The quantitative estimate of drug-likeness (QED) is 0.550. The summed E-state index contributed by atoms with van der Waals surface area (Å²) in [5.41, 5.74) is 2.14. The summed E-state index contributed by atoms with van der Waals surface area (Å²) >= 11 is 0.904. The molecule has 112 valence electrons. The van der Waals surface area contributed by atoms with Crippen LogP contribution in [0.3, 0.4) is 0 Å². The molecule has 0 bridgehead atoms. The first-order valence-electron chi connectivity index (χ1n) is 6.10. The van der Waals surface area contributed by atoms with E-state index in [2.05, 4.69) is 20.7 Å². The van der Waals surface area contributed by atoms with E-state index in [0.29, 0.717) is 10.4 Å². The van der Waals surface area contributed by atoms with Crippen molar-refractivity contribution in [2.24, 2.45) is 5.10 Å². The third kappa shape index (κ3) is 2.91. The maximum Gasteiger partial charge on any atom is 0.293 e. The van der Waals surface area contributed by atoms with Gasteiger partial charge in [0.25, 0.3) is 11.5 Å². The second kappa shape index (κ2) is 5.85. The van der Waals surface area contributed by atoms with E-state index in [1.165, 1.54) is 41.5 Å². The number of halogens is 1. The molecule has 0 aliphatic carbocycles. The lowest BCUT2D eigenvalue weighted by molar-refractivity contribution is -0.121. The van der Waals surface area contributed by atoms with E-state index in [4.69, 9.17) is 0 Å². The standard InChI is InChI=1S/C12H9FN6O2S/c13-10-2-1-8(22-10)5-14-17-11(20)6-18-12(21)9-3-4-15-19(9)7-16-18/h1-5,7H,6H2,(H,17,20)/b14-5-. The highest BCUT2D eigenvalue weighted by Crippen LogP contribution is 2.11. The van der Waals surface area contributed by atoms with E-state index in [0.717, 1.165) is 16.0 Å². The smallest absolute Gasteiger partial charge is 0.271 e. The SMILES string of the molecule is O=C(Cn1ncn2nccc2c1=O)N/N=C\c1ccc(F)s1. The molecule has 3 rings (SSSR count). The monoisotopic (exact) mass is 320 g/mol. The molecule has 0 atom stereocenters. The van der Waals surface area contributed by atoms with Crippen molar-refractivity contribution < 1.29 is 9.18 Å². The Bertz CT molecular complexity index is 912. The predicted molar refractivity (Wildman–Crippen MR) is 77.3 cm³/mol. The third-order valence-electron chi connectivity index (χ3n) is 2.69. The van der Waals surface area contributed by atoms with Crippen LogP contribution in [0.4, 0.5) is 4.39 Å². The molecule has 0 spiro atoms. The molecule has 3 aromatic rings. The van der Waals surface area contributed by atoms with Crippen molar-refractivity contribution >= 4 is 29.0 Å². The number of aromatic nitrogens is 4. The number of hydrogen-bond acceptors (Lipinski definition) is 6. The molecular weight excluding hydrogens is 311 g/mol. The summed E-state index contributed by atoms with van der Waals surface area (Å²) in [7, 11) is 0. The van der Waals surface area contributed by atoms with Crippen LogP contribution in [-0.2, 0) is 11.3 Å². The number of thiophene rings is 1. The Morgan fingerprint density at radius 3 is 3.05 bits per heavy atom. The molecule has 0 saturated heterocycles. The van der Waals surface area contributed by atoms with E-state index in [-0.39, 0.29) is 11.7 Å². The van der Waals surface area contributed by atoms with Crippen molar-refractivity contribution in [3.63, 3.8) is 0 Å². The van der Waals surface area contributed by atoms with E-state index in [1.54, 1.807) is 0 Å². The van der Waals surface area contributed by atoms with E-state index in [1.807, 2.05) is 0 Å². The maximum atomic E-state index is 12.8. The van der Waals surface area contributed by atoms with Crippen LogP contribution in [0, 0.1) is 5.13 Å². The zero-order valence-corrected chi connectivity index (χ0v) is 11.8. The molecule has 0 radical (unpaired) electrons. The van der Waals surface area contributed by atoms with Gasteiger partial charge in [-0.3, -0.25) is 9.59 Å². The van der Waals surface area contributed by atoms with Gasteiger partial charge in [0.1, 0.15) is 18.4 Å². The first kappa shape index (κ1) is 14.1. The van der Waals surface area contributed by atoms with Gasteiger partial charge in [-0.1, -0.05) is 0 Å². The number of rotatable bonds is 4. The zero-order valence-electron chi connectivity index (χ0n) is 11.0. The van der Waals surface area contributed by atoms with Gasteiger partial charge in [0.15, 0.2) is 5.13 Å². The fourth-order valence-electron chi connectivity index (χ4n) is 1.72. The average molecular weight is 320 g/mol. The number of carbonyl (C=O) groups is 1. The molecule has 0 saturated carbocycles. The van der Waals surface area contributed by atoms with Gasteiger partial charge < -0.3 is 0 Å². The van der Waals surface area contributed by atoms with Crippen LogP contribution in [0.2, 0.25) is 0 Å². The van der Waals surface area contributed by atoms with Crippen LogP contribution in [0.25, 0.3) is 5.52 Å². The van der Waals surface area contributed by atoms with E-state index >= 15 is 0 Å². The van der Waals surface area contributed by atoms with Gasteiger partial charge in [-0.25, -0.2) is 14.6 Å². The molecule has 10 heteroatoms. The molecule has 8 nitrogen and oxygen atoms in total. The minimum Gasteiger partial charge on any atom is -0.271 e. The topological polar surface area (TPSA) is 93.6 Å². The van der Waals surface area contributed by atoms with Gasteiger partial charge in [-0.2, -0.15) is 19.7 Å². The number of fused-ring (bicyclic) bond motifs is 1. The van der Waals surface area contributed by atoms with Crippen molar-refractivity contribution in [2.75, 3.05) is 0 Å². The zero-order chi connectivity index (χ0) is 15.5. The summed E-state index contributed by atoms with van der Waals surface area (Å²) in [6.45, 7) is -0.281. The molecule has 1 amide bonds. The Morgan fingerprint density at radius 2 is 2.27 bits per heavy atom. The normalized spacial score (nSPS) is 11.3. The first-order chi connectivity index (χ1) is 10.6. The second-order valence-electron chi connectivity index (χ2n) is 4.19. The Labute approximate surface area is 126 Å². The highest BCUT2D eigenvalue weighted by Gasteiger charge is 2.08. The van der Waals surface area contributed by atoms with Crippen molar-refractivity contribution in [2.45, 2.75) is 6.54 Å². The molecule has 0 aliphatic rings. The molecule has 3 heterocycles. The molecule has 3 aromatic heterocycles. The van der Waals surface area contributed by atoms with Crippen molar-refractivity contribution in [1.29, 1.82) is 0 Å². The number of carbonyl (C=O) groups excluding carboxylic acids is 1. The van der Waals surface area contributed by atoms with Gasteiger partial charge >= 0.3 is 0 Å². The minimum absolute atomic E-state index is 0.281. The third-order valence-corrected chi connectivity index (χ3v) is 3.50. The molecule has 0 aromatic carbocycles. The lowest BCUT2D eigenvalue weighted by Gasteiger charge is -2.03. The summed E-state index contributed by atoms with van der Waals surface area (Å²) in [5.74, 6) is -0.522. The first-order valence-corrected chi connectivity index (χ1v) is 6.92. The molecule has 0 aliphatic heterocycles. The van der Waals surface area contributed by atoms with Gasteiger partial charge in [0.05, 0.1) is 17.3 Å². The Kier molecular flexibility index (Phi) is 3.74. The highest BCUT2D eigenvalue weighted by atomic mass is 32.1. The van der Waals surface area contributed by atoms with Gasteiger partial charge in [0.2, 0.25) is 0 Å². The molecular formula is C12H9FN6O2S. The summed E-state index contributed by atoms with van der Waals surface area (Å²) in [6, 6.07) is 4.37. The second-order valence-corrected chi connectivity index (χ2v) is 5.26. The Hall–Kier alpha value is -2.88. The summed E-state index contributed by atoms with van der Waals surface area (Å²) < 4.78 is 15.1. The maximum absolute atomic E-state index is 12.8. The summed E-state index contributed by atoms with van der Waals surface area (Å²) in [6.07, 6.45) is 4.12. The van der Waals surface area contributed by atoms with Crippen LogP contribution in [0.5, 0.6) is 0 Å². The number of hydrogen-bond donors (Lipinski definition) is 1. The van der Waals surface area contributed by atoms with Crippen LogP contribution in [0.15, 0.2) is 40.6 Å². The van der Waals surface area contributed by atoms with Crippen LogP contribution < -0.4 is 11.0 Å². The largest absolute Gasteiger partial charge is 0.293 e. The van der Waals surface area contributed by atoms with Gasteiger partial charge in [-0.15, -0.1) is 11.3 Å². The molecule has 0 fully saturated rings. The van der Waals surface area contributed by atoms with Crippen LogP contribution in [0.1, 0.15) is 4.88 Å². The number of nitrogens with one attached hydrogen (secondary N) is 1. The fourth-order valence-corrected chi connectivity index (χ4v) is 2.32. The molecule has 22 heavy (non-hydrogen) atoms. The van der Waals surface area contributed by atoms with Gasteiger partial charge in [0, 0.05) is 0 Å². The number of hydrazone groups is 1. The molecule has 0 unspecified atom stereocenters. The van der Waals surface area contributed by atoms with Crippen LogP contribution >= 0.6 is 11.3 Å². The van der Waals surface area contributed by atoms with Crippen LogP contribution in [-0.4, -0.2) is 31.5 Å². The summed E-state index contributed by atoms with van der Waals surface area (Å²) in [5, 5.41) is 11.1. The number of nitrogens with zero attached hydrogens (tertiary/aromatic N) is 5. The average Bonchev–Trinajstić information content (AvgIpc) is 3.11. The highest BCUT2D eigenvalue weighted by molar-refractivity contribution is 7.12. The van der Waals surface area contributed by atoms with Crippen molar-refractivity contribution in [3.8, 4) is 0 Å². The summed E-state index contributed by atoms with van der Waals surface area (Å²) in [4.78, 5) is 24.3. The number of amides is 1. The van der Waals surface area contributed by atoms with Gasteiger partial charge in [-0.05, 0) is 18.2 Å². The Morgan fingerprint density at radius 1 is 1.41 bits per heavy atom. The Balaban J connectivity index is 1.67. The predicted octanol–water partition coefficient (Wildman–Crippen LogP) is 0.242. The van der Waals surface area contributed by atoms with Crippen molar-refractivity contribution in [1.82, 2.24) is 24.8 Å². The fraction of sp³-hybridized carbons (Fsp3) is 0.0833. The minimum atomic E-state index is -0.522.